The van der Waals surface area contributed by atoms with Crippen molar-refractivity contribution in [2.24, 2.45) is 0 Å². The van der Waals surface area contributed by atoms with Crippen LogP contribution in [0, 0.1) is 0 Å². The monoisotopic (exact) mass is 340 g/mol. The number of benzene rings is 1. The lowest BCUT2D eigenvalue weighted by Gasteiger charge is -2.23. The first-order valence-electron chi connectivity index (χ1n) is 8.85. The van der Waals surface area contributed by atoms with Crippen LogP contribution in [0.15, 0.2) is 42.7 Å². The highest BCUT2D eigenvalue weighted by atomic mass is 16.5. The molecule has 1 aromatic heterocycles. The Labute approximate surface area is 148 Å². The van der Waals surface area contributed by atoms with Gasteiger partial charge in [0.25, 0.3) is 5.91 Å². The van der Waals surface area contributed by atoms with E-state index < -0.39 is 0 Å². The Bertz CT molecular complexity index is 703. The van der Waals surface area contributed by atoms with E-state index in [4.69, 9.17) is 9.47 Å². The molecule has 1 amide bonds. The molecule has 5 nitrogen and oxygen atoms in total. The summed E-state index contributed by atoms with van der Waals surface area (Å²) in [6.45, 7) is 4.66. The predicted octanol–water partition coefficient (Wildman–Crippen LogP) is 3.69. The van der Waals surface area contributed by atoms with Crippen molar-refractivity contribution in [1.29, 1.82) is 0 Å². The highest BCUT2D eigenvalue weighted by Gasteiger charge is 2.19. The van der Waals surface area contributed by atoms with Gasteiger partial charge in [-0.2, -0.15) is 0 Å². The van der Waals surface area contributed by atoms with E-state index in [0.29, 0.717) is 36.8 Å². The first kappa shape index (κ1) is 17.3. The van der Waals surface area contributed by atoms with Gasteiger partial charge in [-0.3, -0.25) is 9.78 Å². The van der Waals surface area contributed by atoms with Crippen LogP contribution in [-0.2, 0) is 6.54 Å². The van der Waals surface area contributed by atoms with Crippen LogP contribution < -0.4 is 9.47 Å². The van der Waals surface area contributed by atoms with Gasteiger partial charge in [-0.25, -0.2) is 0 Å². The smallest absolute Gasteiger partial charge is 0.254 e. The predicted molar refractivity (Wildman–Crippen MR) is 95.9 cm³/mol. The number of carbonyl (C=O) groups is 1. The van der Waals surface area contributed by atoms with Crippen LogP contribution in [0.5, 0.6) is 11.5 Å². The van der Waals surface area contributed by atoms with Crippen molar-refractivity contribution in [2.45, 2.75) is 32.7 Å². The Morgan fingerprint density at radius 1 is 1.20 bits per heavy atom. The third kappa shape index (κ3) is 4.50. The second-order valence-corrected chi connectivity index (χ2v) is 6.15. The average molecular weight is 340 g/mol. The van der Waals surface area contributed by atoms with E-state index in [1.807, 2.05) is 29.2 Å². The van der Waals surface area contributed by atoms with Gasteiger partial charge in [0, 0.05) is 37.5 Å². The van der Waals surface area contributed by atoms with E-state index in [1.54, 1.807) is 18.5 Å². The summed E-state index contributed by atoms with van der Waals surface area (Å²) in [5.41, 5.74) is 1.66. The zero-order valence-electron chi connectivity index (χ0n) is 14.6. The Balaban J connectivity index is 1.80. The van der Waals surface area contributed by atoms with Crippen LogP contribution in [0.2, 0.25) is 0 Å². The van der Waals surface area contributed by atoms with E-state index in [-0.39, 0.29) is 5.91 Å². The molecule has 5 heteroatoms. The molecule has 1 aliphatic heterocycles. The summed E-state index contributed by atoms with van der Waals surface area (Å²) >= 11 is 0. The highest BCUT2D eigenvalue weighted by molar-refractivity contribution is 5.95. The zero-order valence-corrected chi connectivity index (χ0v) is 14.6. The van der Waals surface area contributed by atoms with Crippen molar-refractivity contribution in [3.8, 4) is 11.5 Å². The molecule has 0 saturated carbocycles. The highest BCUT2D eigenvalue weighted by Crippen LogP contribution is 2.31. The van der Waals surface area contributed by atoms with Gasteiger partial charge in [0.2, 0.25) is 0 Å². The summed E-state index contributed by atoms with van der Waals surface area (Å²) < 4.78 is 11.4. The van der Waals surface area contributed by atoms with Crippen LogP contribution in [0.4, 0.5) is 0 Å². The molecule has 0 unspecified atom stereocenters. The Kier molecular flexibility index (Phi) is 5.88. The number of hydrogen-bond donors (Lipinski definition) is 0. The quantitative estimate of drug-likeness (QED) is 0.805. The zero-order chi connectivity index (χ0) is 17.5. The molecule has 1 aliphatic rings. The maximum atomic E-state index is 13.0. The number of rotatable bonds is 6. The summed E-state index contributed by atoms with van der Waals surface area (Å²) in [7, 11) is 0. The van der Waals surface area contributed by atoms with E-state index in [0.717, 1.165) is 31.4 Å². The topological polar surface area (TPSA) is 51.7 Å². The molecular formula is C20H24N2O3. The van der Waals surface area contributed by atoms with Crippen molar-refractivity contribution >= 4 is 5.91 Å². The Morgan fingerprint density at radius 3 is 2.80 bits per heavy atom. The van der Waals surface area contributed by atoms with Crippen LogP contribution >= 0.6 is 0 Å². The van der Waals surface area contributed by atoms with E-state index in [9.17, 15) is 4.79 Å². The van der Waals surface area contributed by atoms with E-state index in [1.165, 1.54) is 0 Å². The van der Waals surface area contributed by atoms with Crippen molar-refractivity contribution < 1.29 is 14.3 Å². The minimum Gasteiger partial charge on any atom is -0.490 e. The minimum absolute atomic E-state index is 0.00736. The number of ether oxygens (including phenoxy) is 2. The lowest BCUT2D eigenvalue weighted by atomic mass is 10.1. The minimum atomic E-state index is 0.00736. The van der Waals surface area contributed by atoms with Crippen LogP contribution in [0.1, 0.15) is 42.1 Å². The number of aromatic nitrogens is 1. The number of nitrogens with zero attached hydrogens (tertiary/aromatic N) is 2. The lowest BCUT2D eigenvalue weighted by Crippen LogP contribution is -2.31. The molecule has 2 heterocycles. The molecule has 1 aromatic carbocycles. The maximum Gasteiger partial charge on any atom is 0.254 e. The number of pyridine rings is 1. The van der Waals surface area contributed by atoms with Crippen molar-refractivity contribution in [1.82, 2.24) is 9.88 Å². The largest absolute Gasteiger partial charge is 0.490 e. The molecule has 0 saturated heterocycles. The van der Waals surface area contributed by atoms with Gasteiger partial charge in [-0.1, -0.05) is 19.4 Å². The fraction of sp³-hybridized carbons (Fsp3) is 0.400. The number of amides is 1. The molecule has 0 atom stereocenters. The summed E-state index contributed by atoms with van der Waals surface area (Å²) in [5, 5.41) is 0. The first-order valence-corrected chi connectivity index (χ1v) is 8.85. The third-order valence-corrected chi connectivity index (χ3v) is 4.16. The van der Waals surface area contributed by atoms with Gasteiger partial charge >= 0.3 is 0 Å². The summed E-state index contributed by atoms with van der Waals surface area (Å²) in [5.74, 6) is 1.37. The van der Waals surface area contributed by atoms with Crippen LogP contribution in [0.3, 0.4) is 0 Å². The van der Waals surface area contributed by atoms with Gasteiger partial charge < -0.3 is 14.4 Å². The molecule has 0 bridgehead atoms. The van der Waals surface area contributed by atoms with Gasteiger partial charge in [0.1, 0.15) is 0 Å². The number of unbranched alkanes of at least 4 members (excludes halogenated alkanes) is 1. The summed E-state index contributed by atoms with van der Waals surface area (Å²) in [6, 6.07) is 9.33. The maximum absolute atomic E-state index is 13.0. The molecule has 0 fully saturated rings. The van der Waals surface area contributed by atoms with E-state index in [2.05, 4.69) is 11.9 Å². The molecule has 0 aliphatic carbocycles. The molecule has 0 radical (unpaired) electrons. The SMILES string of the molecule is CCCCN(Cc1cccnc1)C(=O)c1ccc2c(c1)OCCCO2. The van der Waals surface area contributed by atoms with Crippen molar-refractivity contribution in [2.75, 3.05) is 19.8 Å². The second-order valence-electron chi connectivity index (χ2n) is 6.15. The molecule has 2 aromatic rings. The number of carbonyl (C=O) groups excluding carboxylic acids is 1. The van der Waals surface area contributed by atoms with Gasteiger partial charge in [0.05, 0.1) is 13.2 Å². The normalized spacial score (nSPS) is 13.2. The Morgan fingerprint density at radius 2 is 2.04 bits per heavy atom. The standard InChI is InChI=1S/C20H24N2O3/c1-2-3-10-22(15-16-6-4-9-21-14-16)20(23)17-7-8-18-19(13-17)25-12-5-11-24-18/h4,6-9,13-14H,2-3,5,10-12,15H2,1H3. The molecule has 25 heavy (non-hydrogen) atoms. The van der Waals surface area contributed by atoms with Crippen molar-refractivity contribution in [3.63, 3.8) is 0 Å². The summed E-state index contributed by atoms with van der Waals surface area (Å²) in [4.78, 5) is 19.1. The van der Waals surface area contributed by atoms with E-state index >= 15 is 0 Å². The van der Waals surface area contributed by atoms with Crippen LogP contribution in [-0.4, -0.2) is 35.5 Å². The first-order chi connectivity index (χ1) is 12.3. The second kappa shape index (κ2) is 8.51. The van der Waals surface area contributed by atoms with Crippen LogP contribution in [0.25, 0.3) is 0 Å². The van der Waals surface area contributed by atoms with Gasteiger partial charge in [-0.05, 0) is 36.2 Å². The lowest BCUT2D eigenvalue weighted by molar-refractivity contribution is 0.0740. The summed E-state index contributed by atoms with van der Waals surface area (Å²) in [6.07, 6.45) is 6.40. The number of fused-ring (bicyclic) bond motifs is 1. The van der Waals surface area contributed by atoms with Gasteiger partial charge in [0.15, 0.2) is 11.5 Å². The molecule has 132 valence electrons. The third-order valence-electron chi connectivity index (χ3n) is 4.16. The number of hydrogen-bond acceptors (Lipinski definition) is 4. The average Bonchev–Trinajstić information content (AvgIpc) is 2.90. The molecular weight excluding hydrogens is 316 g/mol. The fourth-order valence-corrected chi connectivity index (χ4v) is 2.79. The molecule has 0 N–H and O–H groups in total. The van der Waals surface area contributed by atoms with Crippen molar-refractivity contribution in [3.05, 3.63) is 53.9 Å². The van der Waals surface area contributed by atoms with Gasteiger partial charge in [-0.15, -0.1) is 0 Å². The fourth-order valence-electron chi connectivity index (χ4n) is 2.79. The Hall–Kier alpha value is -2.56. The molecule has 0 spiro atoms. The molecule has 3 rings (SSSR count).